The zero-order valence-electron chi connectivity index (χ0n) is 9.75. The molecule has 1 atom stereocenters. The van der Waals surface area contributed by atoms with Gasteiger partial charge in [0.15, 0.2) is 9.84 Å². The van der Waals surface area contributed by atoms with Gasteiger partial charge < -0.3 is 10.1 Å². The summed E-state index contributed by atoms with van der Waals surface area (Å²) in [6.07, 6.45) is 1.41. The van der Waals surface area contributed by atoms with Crippen LogP contribution in [0.4, 0.5) is 4.79 Å². The van der Waals surface area contributed by atoms with Gasteiger partial charge in [-0.1, -0.05) is 12.1 Å². The summed E-state index contributed by atoms with van der Waals surface area (Å²) >= 11 is 0. The molecule has 1 heterocycles. The van der Waals surface area contributed by atoms with Gasteiger partial charge in [-0.25, -0.2) is 13.2 Å². The summed E-state index contributed by atoms with van der Waals surface area (Å²) in [5.41, 5.74) is 0.883. The van der Waals surface area contributed by atoms with Crippen molar-refractivity contribution in [2.24, 2.45) is 0 Å². The first-order chi connectivity index (χ1) is 7.97. The number of cyclic esters (lactones) is 1. The molecule has 0 bridgehead atoms. The Balaban J connectivity index is 0.00000162. The number of hydrogen-bond donors (Lipinski definition) is 1. The van der Waals surface area contributed by atoms with E-state index in [9.17, 15) is 13.2 Å². The molecule has 0 spiro atoms. The third-order valence-corrected chi connectivity index (χ3v) is 3.77. The summed E-state index contributed by atoms with van der Waals surface area (Å²) in [7, 11) is -3.17. The predicted molar refractivity (Wildman–Crippen MR) is 68.6 cm³/mol. The minimum atomic E-state index is -3.17. The van der Waals surface area contributed by atoms with Gasteiger partial charge in [-0.2, -0.15) is 0 Å². The Morgan fingerprint density at radius 3 is 2.39 bits per heavy atom. The Labute approximate surface area is 112 Å². The molecule has 1 aliphatic heterocycles. The van der Waals surface area contributed by atoms with E-state index in [0.29, 0.717) is 13.0 Å². The van der Waals surface area contributed by atoms with Crippen molar-refractivity contribution >= 4 is 28.3 Å². The highest BCUT2D eigenvalue weighted by Gasteiger charge is 2.20. The molecule has 1 fully saturated rings. The van der Waals surface area contributed by atoms with Crippen molar-refractivity contribution in [2.45, 2.75) is 17.4 Å². The van der Waals surface area contributed by atoms with Crippen molar-refractivity contribution in [2.75, 3.05) is 12.9 Å². The normalized spacial score (nSPS) is 19.4. The monoisotopic (exact) mass is 291 g/mol. The van der Waals surface area contributed by atoms with Crippen molar-refractivity contribution in [3.63, 3.8) is 0 Å². The van der Waals surface area contributed by atoms with Crippen LogP contribution in [-0.4, -0.2) is 27.4 Å². The molecule has 2 rings (SSSR count). The van der Waals surface area contributed by atoms with E-state index in [0.717, 1.165) is 11.8 Å². The number of ether oxygens (including phenoxy) is 1. The van der Waals surface area contributed by atoms with Crippen LogP contribution in [-0.2, 0) is 14.6 Å². The van der Waals surface area contributed by atoms with Gasteiger partial charge in [0.2, 0.25) is 0 Å². The van der Waals surface area contributed by atoms with Crippen molar-refractivity contribution in [1.82, 2.24) is 5.32 Å². The highest BCUT2D eigenvalue weighted by Crippen LogP contribution is 2.21. The standard InChI is InChI=1S/C11H13NO4S.ClH/c1-17(14,15)9-4-2-8(3-5-9)10-6-7-16-11(13)12-10;/h2-5,10H,6-7H2,1H3,(H,12,13);1H/t10-;/m1./s1. The Morgan fingerprint density at radius 2 is 1.89 bits per heavy atom. The average Bonchev–Trinajstić information content (AvgIpc) is 2.28. The maximum Gasteiger partial charge on any atom is 0.407 e. The summed E-state index contributed by atoms with van der Waals surface area (Å²) in [6, 6.07) is 6.42. The average molecular weight is 292 g/mol. The molecule has 5 nitrogen and oxygen atoms in total. The largest absolute Gasteiger partial charge is 0.449 e. The first-order valence-electron chi connectivity index (χ1n) is 5.20. The van der Waals surface area contributed by atoms with Crippen molar-refractivity contribution in [3.05, 3.63) is 29.8 Å². The summed E-state index contributed by atoms with van der Waals surface area (Å²) < 4.78 is 27.3. The van der Waals surface area contributed by atoms with E-state index in [2.05, 4.69) is 5.32 Å². The van der Waals surface area contributed by atoms with Crippen molar-refractivity contribution < 1.29 is 17.9 Å². The topological polar surface area (TPSA) is 72.5 Å². The highest BCUT2D eigenvalue weighted by atomic mass is 35.5. The van der Waals surface area contributed by atoms with Crippen LogP contribution >= 0.6 is 12.4 Å². The Hall–Kier alpha value is -1.27. The maximum atomic E-state index is 11.3. The van der Waals surface area contributed by atoms with Crippen LogP contribution in [0.15, 0.2) is 29.2 Å². The van der Waals surface area contributed by atoms with E-state index >= 15 is 0 Å². The van der Waals surface area contributed by atoms with Crippen molar-refractivity contribution in [1.29, 1.82) is 0 Å². The number of hydrogen-bond acceptors (Lipinski definition) is 4. The zero-order chi connectivity index (χ0) is 12.5. The first kappa shape index (κ1) is 14.8. The zero-order valence-corrected chi connectivity index (χ0v) is 11.4. The van der Waals surface area contributed by atoms with Gasteiger partial charge in [0, 0.05) is 12.7 Å². The fourth-order valence-corrected chi connectivity index (χ4v) is 2.35. The fourth-order valence-electron chi connectivity index (χ4n) is 1.72. The summed E-state index contributed by atoms with van der Waals surface area (Å²) in [5, 5.41) is 2.68. The number of rotatable bonds is 2. The second kappa shape index (κ2) is 5.58. The van der Waals surface area contributed by atoms with E-state index in [1.54, 1.807) is 24.3 Å². The smallest absolute Gasteiger partial charge is 0.407 e. The van der Waals surface area contributed by atoms with Crippen LogP contribution in [0, 0.1) is 0 Å². The number of nitrogens with one attached hydrogen (secondary N) is 1. The van der Waals surface area contributed by atoms with Gasteiger partial charge in [0.1, 0.15) is 0 Å². The Bertz CT molecular complexity index is 526. The molecule has 7 heteroatoms. The van der Waals surface area contributed by atoms with E-state index < -0.39 is 15.9 Å². The van der Waals surface area contributed by atoms with Gasteiger partial charge in [-0.3, -0.25) is 0 Å². The molecule has 1 aliphatic rings. The Morgan fingerprint density at radius 1 is 1.28 bits per heavy atom. The summed E-state index contributed by atoms with van der Waals surface area (Å²) in [4.78, 5) is 11.3. The molecule has 0 aliphatic carbocycles. The molecule has 1 saturated heterocycles. The quantitative estimate of drug-likeness (QED) is 0.900. The number of halogens is 1. The third kappa shape index (κ3) is 3.36. The van der Waals surface area contributed by atoms with E-state index in [1.165, 1.54) is 0 Å². The van der Waals surface area contributed by atoms with Crippen LogP contribution < -0.4 is 5.32 Å². The molecule has 18 heavy (non-hydrogen) atoms. The molecule has 1 aromatic rings. The lowest BCUT2D eigenvalue weighted by Gasteiger charge is -2.23. The third-order valence-electron chi connectivity index (χ3n) is 2.64. The molecule has 0 radical (unpaired) electrons. The van der Waals surface area contributed by atoms with Crippen molar-refractivity contribution in [3.8, 4) is 0 Å². The van der Waals surface area contributed by atoms with Crippen LogP contribution in [0.5, 0.6) is 0 Å². The predicted octanol–water partition coefficient (Wildman–Crippen LogP) is 1.68. The van der Waals surface area contributed by atoms with Gasteiger partial charge in [-0.05, 0) is 17.7 Å². The first-order valence-corrected chi connectivity index (χ1v) is 7.09. The minimum absolute atomic E-state index is 0. The number of benzene rings is 1. The van der Waals surface area contributed by atoms with Gasteiger partial charge in [0.25, 0.3) is 0 Å². The molecular weight excluding hydrogens is 278 g/mol. The van der Waals surface area contributed by atoms with Gasteiger partial charge in [0.05, 0.1) is 17.5 Å². The second-order valence-electron chi connectivity index (χ2n) is 3.96. The molecule has 1 aromatic carbocycles. The fraction of sp³-hybridized carbons (Fsp3) is 0.364. The molecule has 0 saturated carbocycles. The minimum Gasteiger partial charge on any atom is -0.449 e. The lowest BCUT2D eigenvalue weighted by molar-refractivity contribution is 0.115. The van der Waals surface area contributed by atoms with Crippen LogP contribution in [0.25, 0.3) is 0 Å². The summed E-state index contributed by atoms with van der Waals surface area (Å²) in [6.45, 7) is 0.379. The number of amides is 1. The number of alkyl carbamates (subject to hydrolysis) is 1. The van der Waals surface area contributed by atoms with E-state index in [1.807, 2.05) is 0 Å². The SMILES string of the molecule is CS(=O)(=O)c1ccc([C@H]2CCOC(=O)N2)cc1.Cl. The Kier molecular flexibility index (Phi) is 4.59. The van der Waals surface area contributed by atoms with E-state index in [-0.39, 0.29) is 23.3 Å². The van der Waals surface area contributed by atoms with Gasteiger partial charge >= 0.3 is 6.09 Å². The summed E-state index contributed by atoms with van der Waals surface area (Å²) in [5.74, 6) is 0. The number of carbonyl (C=O) groups is 1. The molecule has 1 amide bonds. The maximum absolute atomic E-state index is 11.3. The van der Waals surface area contributed by atoms with Crippen LogP contribution in [0.2, 0.25) is 0 Å². The van der Waals surface area contributed by atoms with Crippen LogP contribution in [0.1, 0.15) is 18.0 Å². The molecule has 0 unspecified atom stereocenters. The van der Waals surface area contributed by atoms with Crippen LogP contribution in [0.3, 0.4) is 0 Å². The molecule has 0 aromatic heterocycles. The number of carbonyl (C=O) groups excluding carboxylic acids is 1. The van der Waals surface area contributed by atoms with Gasteiger partial charge in [-0.15, -0.1) is 12.4 Å². The molecule has 1 N–H and O–H groups in total. The lowest BCUT2D eigenvalue weighted by Crippen LogP contribution is -2.35. The second-order valence-corrected chi connectivity index (χ2v) is 5.98. The molecular formula is C11H14ClNO4S. The van der Waals surface area contributed by atoms with E-state index in [4.69, 9.17) is 4.74 Å². The number of sulfone groups is 1. The highest BCUT2D eigenvalue weighted by molar-refractivity contribution is 7.90. The molecule has 100 valence electrons. The lowest BCUT2D eigenvalue weighted by atomic mass is 10.0.